The van der Waals surface area contributed by atoms with Crippen LogP contribution in [0.2, 0.25) is 0 Å². The lowest BCUT2D eigenvalue weighted by Gasteiger charge is -2.20. The zero-order chi connectivity index (χ0) is 14.0. The van der Waals surface area contributed by atoms with Crippen LogP contribution in [0, 0.1) is 0 Å². The fourth-order valence-electron chi connectivity index (χ4n) is 1.34. The molecule has 0 aliphatic heterocycles. The summed E-state index contributed by atoms with van der Waals surface area (Å²) in [4.78, 5) is 11.0. The Morgan fingerprint density at radius 2 is 1.78 bits per heavy atom. The Labute approximate surface area is 107 Å². The van der Waals surface area contributed by atoms with Gasteiger partial charge in [-0.1, -0.05) is 19.1 Å². The van der Waals surface area contributed by atoms with E-state index in [0.29, 0.717) is 0 Å². The molecule has 1 aromatic carbocycles. The average molecular weight is 271 g/mol. The van der Waals surface area contributed by atoms with Crippen molar-refractivity contribution in [1.29, 1.82) is 0 Å². The van der Waals surface area contributed by atoms with Gasteiger partial charge in [0.05, 0.1) is 4.90 Å². The number of benzene rings is 1. The molecule has 0 radical (unpaired) electrons. The van der Waals surface area contributed by atoms with Crippen LogP contribution >= 0.6 is 0 Å². The molecule has 0 atom stereocenters. The molecule has 0 aliphatic rings. The zero-order valence-electron chi connectivity index (χ0n) is 10.6. The first-order chi connectivity index (χ1) is 8.19. The van der Waals surface area contributed by atoms with Crippen LogP contribution in [0.5, 0.6) is 0 Å². The van der Waals surface area contributed by atoms with Crippen molar-refractivity contribution < 1.29 is 18.3 Å². The first-order valence-electron chi connectivity index (χ1n) is 5.55. The molecule has 0 spiro atoms. The van der Waals surface area contributed by atoms with Crippen LogP contribution in [0.15, 0.2) is 29.2 Å². The van der Waals surface area contributed by atoms with E-state index in [9.17, 15) is 13.2 Å². The molecule has 1 rings (SSSR count). The van der Waals surface area contributed by atoms with Crippen molar-refractivity contribution in [1.82, 2.24) is 4.72 Å². The molecule has 0 unspecified atom stereocenters. The molecule has 1 aromatic rings. The highest BCUT2D eigenvalue weighted by Crippen LogP contribution is 2.14. The number of aryl methyl sites for hydroxylation is 1. The summed E-state index contributed by atoms with van der Waals surface area (Å²) >= 11 is 0. The van der Waals surface area contributed by atoms with Crippen LogP contribution in [0.25, 0.3) is 0 Å². The third kappa shape index (κ3) is 3.30. The van der Waals surface area contributed by atoms with E-state index >= 15 is 0 Å². The standard InChI is InChI=1S/C12H17NO4S/c1-4-9-5-7-10(8-6-9)18(16,17)13-12(2,3)11(14)15/h5-8,13H,4H2,1-3H3,(H,14,15). The SMILES string of the molecule is CCc1ccc(S(=O)(=O)NC(C)(C)C(=O)O)cc1. The van der Waals surface area contributed by atoms with Gasteiger partial charge in [0.15, 0.2) is 0 Å². The average Bonchev–Trinajstić information content (AvgIpc) is 2.27. The lowest BCUT2D eigenvalue weighted by Crippen LogP contribution is -2.49. The first kappa shape index (κ1) is 14.7. The van der Waals surface area contributed by atoms with Gasteiger partial charge in [0.2, 0.25) is 10.0 Å². The molecule has 0 aromatic heterocycles. The van der Waals surface area contributed by atoms with Gasteiger partial charge >= 0.3 is 5.97 Å². The summed E-state index contributed by atoms with van der Waals surface area (Å²) in [5.74, 6) is -1.23. The zero-order valence-corrected chi connectivity index (χ0v) is 11.4. The minimum absolute atomic E-state index is 0.0639. The number of hydrogen-bond acceptors (Lipinski definition) is 3. The fraction of sp³-hybridized carbons (Fsp3) is 0.417. The van der Waals surface area contributed by atoms with Gasteiger partial charge in [-0.05, 0) is 38.0 Å². The Morgan fingerprint density at radius 1 is 1.28 bits per heavy atom. The molecule has 0 heterocycles. The van der Waals surface area contributed by atoms with Crippen molar-refractivity contribution in [2.75, 3.05) is 0 Å². The Bertz CT molecular complexity index is 532. The second kappa shape index (κ2) is 5.07. The summed E-state index contributed by atoms with van der Waals surface area (Å²) in [5, 5.41) is 8.91. The van der Waals surface area contributed by atoms with Gasteiger partial charge in [-0.25, -0.2) is 8.42 Å². The van der Waals surface area contributed by atoms with Crippen LogP contribution in [0.1, 0.15) is 26.3 Å². The number of sulfonamides is 1. The first-order valence-corrected chi connectivity index (χ1v) is 7.03. The number of rotatable bonds is 5. The maximum atomic E-state index is 12.0. The maximum Gasteiger partial charge on any atom is 0.324 e. The van der Waals surface area contributed by atoms with Gasteiger partial charge in [0.1, 0.15) is 5.54 Å². The number of carboxylic acid groups (broad SMARTS) is 1. The molecule has 5 nitrogen and oxygen atoms in total. The van der Waals surface area contributed by atoms with Gasteiger partial charge in [-0.15, -0.1) is 0 Å². The van der Waals surface area contributed by atoms with Crippen LogP contribution in [0.3, 0.4) is 0 Å². The van der Waals surface area contributed by atoms with Crippen LogP contribution in [-0.4, -0.2) is 25.0 Å². The smallest absolute Gasteiger partial charge is 0.324 e. The lowest BCUT2D eigenvalue weighted by molar-refractivity contribution is -0.142. The molecule has 0 fully saturated rings. The molecule has 0 saturated heterocycles. The number of nitrogens with one attached hydrogen (secondary N) is 1. The molecular weight excluding hydrogens is 254 g/mol. The fourth-order valence-corrected chi connectivity index (χ4v) is 2.71. The van der Waals surface area contributed by atoms with Gasteiger partial charge in [0.25, 0.3) is 0 Å². The van der Waals surface area contributed by atoms with Crippen LogP contribution in [0.4, 0.5) is 0 Å². The molecule has 0 bridgehead atoms. The quantitative estimate of drug-likeness (QED) is 0.847. The number of carboxylic acids is 1. The molecule has 0 amide bonds. The van der Waals surface area contributed by atoms with Gasteiger partial charge in [-0.2, -0.15) is 4.72 Å². The topological polar surface area (TPSA) is 83.5 Å². The van der Waals surface area contributed by atoms with Crippen molar-refractivity contribution in [3.05, 3.63) is 29.8 Å². The Kier molecular flexibility index (Phi) is 4.13. The highest BCUT2D eigenvalue weighted by atomic mass is 32.2. The third-order valence-electron chi connectivity index (χ3n) is 2.57. The van der Waals surface area contributed by atoms with E-state index in [-0.39, 0.29) is 4.90 Å². The molecular formula is C12H17NO4S. The number of hydrogen-bond donors (Lipinski definition) is 2. The molecule has 6 heteroatoms. The molecule has 2 N–H and O–H groups in total. The van der Waals surface area contributed by atoms with E-state index in [4.69, 9.17) is 5.11 Å². The normalized spacial score (nSPS) is 12.4. The van der Waals surface area contributed by atoms with E-state index in [1.165, 1.54) is 26.0 Å². The van der Waals surface area contributed by atoms with Crippen molar-refractivity contribution in [2.24, 2.45) is 0 Å². The predicted octanol–water partition coefficient (Wildman–Crippen LogP) is 1.39. The van der Waals surface area contributed by atoms with Crippen molar-refractivity contribution in [3.63, 3.8) is 0 Å². The van der Waals surface area contributed by atoms with E-state index in [1.54, 1.807) is 12.1 Å². The third-order valence-corrected chi connectivity index (χ3v) is 4.24. The Hall–Kier alpha value is -1.40. The summed E-state index contributed by atoms with van der Waals surface area (Å²) in [6, 6.07) is 6.36. The van der Waals surface area contributed by atoms with Crippen LogP contribution < -0.4 is 4.72 Å². The predicted molar refractivity (Wildman–Crippen MR) is 67.9 cm³/mol. The summed E-state index contributed by atoms with van der Waals surface area (Å²) in [7, 11) is -3.82. The highest BCUT2D eigenvalue weighted by molar-refractivity contribution is 7.89. The van der Waals surface area contributed by atoms with Crippen molar-refractivity contribution in [2.45, 2.75) is 37.6 Å². The largest absolute Gasteiger partial charge is 0.480 e. The minimum atomic E-state index is -3.82. The maximum absolute atomic E-state index is 12.0. The van der Waals surface area contributed by atoms with Crippen molar-refractivity contribution >= 4 is 16.0 Å². The lowest BCUT2D eigenvalue weighted by atomic mass is 10.1. The Balaban J connectivity index is 3.03. The monoisotopic (exact) mass is 271 g/mol. The van der Waals surface area contributed by atoms with E-state index in [2.05, 4.69) is 4.72 Å². The Morgan fingerprint density at radius 3 is 2.17 bits per heavy atom. The van der Waals surface area contributed by atoms with E-state index in [1.807, 2.05) is 6.92 Å². The molecule has 18 heavy (non-hydrogen) atoms. The molecule has 0 aliphatic carbocycles. The van der Waals surface area contributed by atoms with Gasteiger partial charge in [-0.3, -0.25) is 4.79 Å². The van der Waals surface area contributed by atoms with E-state index in [0.717, 1.165) is 12.0 Å². The molecule has 100 valence electrons. The second-order valence-electron chi connectivity index (χ2n) is 4.53. The van der Waals surface area contributed by atoms with Crippen molar-refractivity contribution in [3.8, 4) is 0 Å². The summed E-state index contributed by atoms with van der Waals surface area (Å²) in [6.45, 7) is 4.57. The van der Waals surface area contributed by atoms with E-state index < -0.39 is 21.5 Å². The molecule has 0 saturated carbocycles. The summed E-state index contributed by atoms with van der Waals surface area (Å²) in [5.41, 5.74) is -0.520. The van der Waals surface area contributed by atoms with Crippen LogP contribution in [-0.2, 0) is 21.2 Å². The van der Waals surface area contributed by atoms with Gasteiger partial charge in [0, 0.05) is 0 Å². The summed E-state index contributed by atoms with van der Waals surface area (Å²) < 4.78 is 26.1. The minimum Gasteiger partial charge on any atom is -0.480 e. The number of aliphatic carboxylic acids is 1. The number of carbonyl (C=O) groups is 1. The van der Waals surface area contributed by atoms with Gasteiger partial charge < -0.3 is 5.11 Å². The summed E-state index contributed by atoms with van der Waals surface area (Å²) in [6.07, 6.45) is 0.814. The highest BCUT2D eigenvalue weighted by Gasteiger charge is 2.32. The second-order valence-corrected chi connectivity index (χ2v) is 6.22.